The van der Waals surface area contributed by atoms with Crippen LogP contribution >= 0.6 is 0 Å². The molecule has 0 saturated heterocycles. The van der Waals surface area contributed by atoms with Gasteiger partial charge in [0.1, 0.15) is 5.82 Å². The minimum Gasteiger partial charge on any atom is -0.493 e. The number of para-hydroxylation sites is 1. The highest BCUT2D eigenvalue weighted by atomic mass is 16.5. The number of anilines is 1. The third kappa shape index (κ3) is 4.25. The van der Waals surface area contributed by atoms with Gasteiger partial charge in [-0.3, -0.25) is 4.79 Å². The van der Waals surface area contributed by atoms with E-state index in [4.69, 9.17) is 14.0 Å². The van der Waals surface area contributed by atoms with Crippen molar-refractivity contribution in [1.29, 1.82) is 0 Å². The van der Waals surface area contributed by atoms with Crippen LogP contribution in [-0.2, 0) is 6.54 Å². The van der Waals surface area contributed by atoms with E-state index in [1.807, 2.05) is 18.2 Å². The number of ether oxygens (including phenoxy) is 2. The summed E-state index contributed by atoms with van der Waals surface area (Å²) in [5, 5.41) is 11.0. The Morgan fingerprint density at radius 3 is 2.58 bits per heavy atom. The Kier molecular flexibility index (Phi) is 5.65. The molecule has 2 heterocycles. The average molecular weight is 419 g/mol. The lowest BCUT2D eigenvalue weighted by molar-refractivity contribution is 0.102. The lowest BCUT2D eigenvalue weighted by Crippen LogP contribution is -2.16. The molecule has 0 atom stereocenters. The summed E-state index contributed by atoms with van der Waals surface area (Å²) >= 11 is 0. The molecule has 158 valence electrons. The second-order valence-electron chi connectivity index (χ2n) is 6.70. The molecular formula is C22H21N5O4. The number of hydrogen-bond donors (Lipinski definition) is 1. The van der Waals surface area contributed by atoms with E-state index in [1.54, 1.807) is 62.4 Å². The standard InChI is InChI=1S/C22H21N5O4/c1-14-24-22(31-26-14)16-9-7-15(8-10-16)21(28)25-19-11-12-23-27(19)13-17-5-4-6-18(29-2)20(17)30-3/h4-12H,13H2,1-3H3,(H,25,28). The molecule has 1 N–H and O–H groups in total. The van der Waals surface area contributed by atoms with E-state index in [0.717, 1.165) is 11.1 Å². The molecule has 0 aliphatic rings. The van der Waals surface area contributed by atoms with E-state index < -0.39 is 0 Å². The molecule has 31 heavy (non-hydrogen) atoms. The first kappa shape index (κ1) is 20.1. The van der Waals surface area contributed by atoms with E-state index >= 15 is 0 Å². The quantitative estimate of drug-likeness (QED) is 0.488. The topological polar surface area (TPSA) is 104 Å². The largest absolute Gasteiger partial charge is 0.493 e. The van der Waals surface area contributed by atoms with Crippen molar-refractivity contribution in [3.63, 3.8) is 0 Å². The van der Waals surface area contributed by atoms with Gasteiger partial charge in [0.05, 0.1) is 27.0 Å². The lowest BCUT2D eigenvalue weighted by Gasteiger charge is -2.14. The van der Waals surface area contributed by atoms with Crippen LogP contribution in [0.3, 0.4) is 0 Å². The van der Waals surface area contributed by atoms with E-state index in [2.05, 4.69) is 20.6 Å². The molecule has 1 amide bonds. The van der Waals surface area contributed by atoms with E-state index in [0.29, 0.717) is 41.1 Å². The van der Waals surface area contributed by atoms with Crippen LogP contribution in [0.15, 0.2) is 59.3 Å². The van der Waals surface area contributed by atoms with E-state index in [1.165, 1.54) is 0 Å². The molecule has 4 rings (SSSR count). The Bertz CT molecular complexity index is 1200. The van der Waals surface area contributed by atoms with Crippen LogP contribution in [0.2, 0.25) is 0 Å². The number of amides is 1. The molecule has 0 aliphatic carbocycles. The van der Waals surface area contributed by atoms with Gasteiger partial charge in [0, 0.05) is 22.8 Å². The SMILES string of the molecule is COc1cccc(Cn2nccc2NC(=O)c2ccc(-c3nc(C)no3)cc2)c1OC. The molecule has 4 aromatic rings. The van der Waals surface area contributed by atoms with Gasteiger partial charge >= 0.3 is 0 Å². The van der Waals surface area contributed by atoms with Crippen molar-refractivity contribution in [2.45, 2.75) is 13.5 Å². The summed E-state index contributed by atoms with van der Waals surface area (Å²) in [5.41, 5.74) is 2.11. The van der Waals surface area contributed by atoms with Gasteiger partial charge in [-0.1, -0.05) is 17.3 Å². The molecule has 0 fully saturated rings. The van der Waals surface area contributed by atoms with Crippen molar-refractivity contribution >= 4 is 11.7 Å². The highest BCUT2D eigenvalue weighted by Crippen LogP contribution is 2.31. The predicted molar refractivity (Wildman–Crippen MR) is 113 cm³/mol. The maximum Gasteiger partial charge on any atom is 0.257 e. The van der Waals surface area contributed by atoms with Gasteiger partial charge in [-0.15, -0.1) is 0 Å². The van der Waals surface area contributed by atoms with Gasteiger partial charge in [0.15, 0.2) is 17.3 Å². The maximum absolute atomic E-state index is 12.7. The van der Waals surface area contributed by atoms with Crippen molar-refractivity contribution in [2.75, 3.05) is 19.5 Å². The molecule has 9 heteroatoms. The minimum absolute atomic E-state index is 0.257. The maximum atomic E-state index is 12.7. The van der Waals surface area contributed by atoms with Crippen LogP contribution in [-0.4, -0.2) is 40.0 Å². The van der Waals surface area contributed by atoms with Gasteiger partial charge in [-0.25, -0.2) is 4.68 Å². The van der Waals surface area contributed by atoms with Gasteiger partial charge in [-0.05, 0) is 37.3 Å². The van der Waals surface area contributed by atoms with Crippen LogP contribution < -0.4 is 14.8 Å². The Morgan fingerprint density at radius 2 is 1.90 bits per heavy atom. The number of rotatable bonds is 7. The van der Waals surface area contributed by atoms with Gasteiger partial charge in [-0.2, -0.15) is 10.1 Å². The summed E-state index contributed by atoms with van der Waals surface area (Å²) in [7, 11) is 3.18. The molecule has 0 radical (unpaired) electrons. The zero-order valence-electron chi connectivity index (χ0n) is 17.3. The van der Waals surface area contributed by atoms with E-state index in [9.17, 15) is 4.79 Å². The van der Waals surface area contributed by atoms with Crippen molar-refractivity contribution < 1.29 is 18.8 Å². The highest BCUT2D eigenvalue weighted by Gasteiger charge is 2.15. The highest BCUT2D eigenvalue weighted by molar-refractivity contribution is 6.04. The molecule has 0 aliphatic heterocycles. The number of nitrogens with zero attached hydrogens (tertiary/aromatic N) is 4. The van der Waals surface area contributed by atoms with Crippen LogP contribution in [0, 0.1) is 6.92 Å². The van der Waals surface area contributed by atoms with Crippen LogP contribution in [0.25, 0.3) is 11.5 Å². The fourth-order valence-corrected chi connectivity index (χ4v) is 3.17. The molecule has 2 aromatic heterocycles. The van der Waals surface area contributed by atoms with Crippen LogP contribution in [0.1, 0.15) is 21.7 Å². The zero-order valence-corrected chi connectivity index (χ0v) is 17.3. The Morgan fingerprint density at radius 1 is 1.10 bits per heavy atom. The summed E-state index contributed by atoms with van der Waals surface area (Å²) in [6, 6.07) is 14.3. The van der Waals surface area contributed by atoms with Crippen molar-refractivity contribution in [2.24, 2.45) is 0 Å². The minimum atomic E-state index is -0.257. The van der Waals surface area contributed by atoms with Gasteiger partial charge in [0.2, 0.25) is 0 Å². The molecule has 0 unspecified atom stereocenters. The first-order valence-electron chi connectivity index (χ1n) is 9.53. The normalized spacial score (nSPS) is 10.7. The third-order valence-corrected chi connectivity index (χ3v) is 4.68. The number of benzene rings is 2. The summed E-state index contributed by atoms with van der Waals surface area (Å²) < 4.78 is 17.7. The summed E-state index contributed by atoms with van der Waals surface area (Å²) in [6.45, 7) is 2.15. The Hall–Kier alpha value is -4.14. The van der Waals surface area contributed by atoms with Gasteiger partial charge < -0.3 is 19.3 Å². The smallest absolute Gasteiger partial charge is 0.257 e. The second kappa shape index (κ2) is 8.70. The molecule has 0 saturated carbocycles. The van der Waals surface area contributed by atoms with Crippen LogP contribution in [0.4, 0.5) is 5.82 Å². The molecule has 9 nitrogen and oxygen atoms in total. The number of aryl methyl sites for hydroxylation is 1. The first-order valence-corrected chi connectivity index (χ1v) is 9.53. The molecule has 0 spiro atoms. The van der Waals surface area contributed by atoms with Gasteiger partial charge in [0.25, 0.3) is 11.8 Å². The number of hydrogen-bond acceptors (Lipinski definition) is 7. The Labute approximate surface area is 178 Å². The first-order chi connectivity index (χ1) is 15.1. The second-order valence-corrected chi connectivity index (χ2v) is 6.70. The molecule has 2 aromatic carbocycles. The summed E-state index contributed by atoms with van der Waals surface area (Å²) in [5.74, 6) is 2.53. The summed E-state index contributed by atoms with van der Waals surface area (Å²) in [6.07, 6.45) is 1.63. The zero-order chi connectivity index (χ0) is 21.8. The van der Waals surface area contributed by atoms with E-state index in [-0.39, 0.29) is 5.91 Å². The lowest BCUT2D eigenvalue weighted by atomic mass is 10.1. The molecular weight excluding hydrogens is 398 g/mol. The monoisotopic (exact) mass is 419 g/mol. The number of carbonyl (C=O) groups excluding carboxylic acids is 1. The number of nitrogens with one attached hydrogen (secondary N) is 1. The van der Waals surface area contributed by atoms with Crippen LogP contribution in [0.5, 0.6) is 11.5 Å². The summed E-state index contributed by atoms with van der Waals surface area (Å²) in [4.78, 5) is 16.9. The van der Waals surface area contributed by atoms with Crippen molar-refractivity contribution in [1.82, 2.24) is 19.9 Å². The fraction of sp³-hybridized carbons (Fsp3) is 0.182. The average Bonchev–Trinajstić information content (AvgIpc) is 3.42. The van der Waals surface area contributed by atoms with Crippen molar-refractivity contribution in [3.8, 4) is 23.0 Å². The number of aromatic nitrogens is 4. The Balaban J connectivity index is 1.50. The predicted octanol–water partition coefficient (Wildman–Crippen LogP) is 3.56. The third-order valence-electron chi connectivity index (χ3n) is 4.68. The number of carbonyl (C=O) groups is 1. The number of methoxy groups -OCH3 is 2. The fourth-order valence-electron chi connectivity index (χ4n) is 3.17. The molecule has 0 bridgehead atoms. The van der Waals surface area contributed by atoms with Crippen molar-refractivity contribution in [3.05, 3.63) is 71.7 Å².